The number of ether oxygens (including phenoxy) is 1. The largest absolute Gasteiger partial charge is 0.489 e. The van der Waals surface area contributed by atoms with Gasteiger partial charge in [0.05, 0.1) is 30.3 Å². The van der Waals surface area contributed by atoms with Gasteiger partial charge in [-0.1, -0.05) is 48.6 Å². The van der Waals surface area contributed by atoms with Gasteiger partial charge in [-0.25, -0.2) is 10.0 Å². The van der Waals surface area contributed by atoms with E-state index in [1.807, 2.05) is 49.2 Å². The SMILES string of the molecule is C1=CCN(CC2CCC(N(c3cccc(OCc4ccccc4)c3)[N+]34C=CN=CC3=CN=C4)CC2)C1. The van der Waals surface area contributed by atoms with Crippen LogP contribution in [0.25, 0.3) is 0 Å². The lowest BCUT2D eigenvalue weighted by Gasteiger charge is -2.46. The monoisotopic (exact) mass is 480 g/mol. The number of hydrogen-bond acceptors (Lipinski definition) is 5. The molecule has 0 saturated heterocycles. The highest BCUT2D eigenvalue weighted by atomic mass is 16.5. The Morgan fingerprint density at radius 2 is 1.78 bits per heavy atom. The molecule has 36 heavy (non-hydrogen) atoms. The molecule has 0 radical (unpaired) electrons. The first-order chi connectivity index (χ1) is 17.8. The van der Waals surface area contributed by atoms with Crippen molar-refractivity contribution >= 4 is 18.2 Å². The molecule has 6 nitrogen and oxygen atoms in total. The number of rotatable bonds is 8. The highest BCUT2D eigenvalue weighted by Crippen LogP contribution is 2.39. The van der Waals surface area contributed by atoms with Crippen LogP contribution in [0.5, 0.6) is 5.75 Å². The molecule has 6 heteroatoms. The molecule has 0 amide bonds. The average Bonchev–Trinajstić information content (AvgIpc) is 3.60. The maximum Gasteiger partial charge on any atom is 0.225 e. The predicted octanol–water partition coefficient (Wildman–Crippen LogP) is 5.67. The highest BCUT2D eigenvalue weighted by Gasteiger charge is 2.46. The third-order valence-corrected chi connectivity index (χ3v) is 7.71. The summed E-state index contributed by atoms with van der Waals surface area (Å²) in [6.07, 6.45) is 19.3. The maximum atomic E-state index is 6.22. The van der Waals surface area contributed by atoms with Gasteiger partial charge in [0.25, 0.3) is 0 Å². The van der Waals surface area contributed by atoms with Gasteiger partial charge in [0, 0.05) is 25.7 Å². The predicted molar refractivity (Wildman–Crippen MR) is 145 cm³/mol. The van der Waals surface area contributed by atoms with Gasteiger partial charge in [0.1, 0.15) is 12.4 Å². The number of aliphatic imine (C=N–C) groups is 2. The average molecular weight is 481 g/mol. The Bertz CT molecular complexity index is 1200. The lowest BCUT2D eigenvalue weighted by Crippen LogP contribution is -2.60. The van der Waals surface area contributed by atoms with Gasteiger partial charge >= 0.3 is 0 Å². The van der Waals surface area contributed by atoms with Crippen molar-refractivity contribution in [1.29, 1.82) is 0 Å². The molecule has 1 saturated carbocycles. The van der Waals surface area contributed by atoms with E-state index < -0.39 is 0 Å². The molecule has 3 heterocycles. The normalized spacial score (nSPS) is 26.7. The van der Waals surface area contributed by atoms with Crippen LogP contribution >= 0.6 is 0 Å². The quantitative estimate of drug-likeness (QED) is 0.361. The summed E-state index contributed by atoms with van der Waals surface area (Å²) >= 11 is 0. The summed E-state index contributed by atoms with van der Waals surface area (Å²) in [6.45, 7) is 3.98. The minimum atomic E-state index is 0.395. The van der Waals surface area contributed by atoms with E-state index in [4.69, 9.17) is 4.74 Å². The van der Waals surface area contributed by atoms with E-state index in [1.165, 1.54) is 24.9 Å². The van der Waals surface area contributed by atoms with Crippen LogP contribution in [0.4, 0.5) is 5.69 Å². The van der Waals surface area contributed by atoms with Crippen molar-refractivity contribution in [2.45, 2.75) is 38.3 Å². The molecule has 1 fully saturated rings. The molecule has 2 aromatic carbocycles. The summed E-state index contributed by atoms with van der Waals surface area (Å²) in [4.78, 5) is 11.5. The van der Waals surface area contributed by atoms with Crippen LogP contribution in [0.3, 0.4) is 0 Å². The molecular weight excluding hydrogens is 446 g/mol. The van der Waals surface area contributed by atoms with Gasteiger partial charge in [-0.05, 0) is 49.3 Å². The minimum Gasteiger partial charge on any atom is -0.489 e. The van der Waals surface area contributed by atoms with Gasteiger partial charge < -0.3 is 4.74 Å². The van der Waals surface area contributed by atoms with Crippen LogP contribution < -0.4 is 9.75 Å². The summed E-state index contributed by atoms with van der Waals surface area (Å²) in [5, 5.41) is 2.52. The van der Waals surface area contributed by atoms with Gasteiger partial charge in [-0.2, -0.15) is 0 Å². The zero-order chi connectivity index (χ0) is 24.2. The Labute approximate surface area is 213 Å². The Hall–Kier alpha value is -3.48. The second-order valence-electron chi connectivity index (χ2n) is 10.1. The zero-order valence-corrected chi connectivity index (χ0v) is 20.7. The lowest BCUT2D eigenvalue weighted by molar-refractivity contribution is -0.746. The molecule has 0 spiro atoms. The van der Waals surface area contributed by atoms with Crippen molar-refractivity contribution in [2.24, 2.45) is 15.9 Å². The third-order valence-electron chi connectivity index (χ3n) is 7.71. The summed E-state index contributed by atoms with van der Waals surface area (Å²) in [7, 11) is 0. The second kappa shape index (κ2) is 10.2. The van der Waals surface area contributed by atoms with E-state index in [-0.39, 0.29) is 0 Å². The fourth-order valence-electron chi connectivity index (χ4n) is 5.87. The number of hydrogen-bond donors (Lipinski definition) is 0. The first kappa shape index (κ1) is 23.0. The van der Waals surface area contributed by atoms with E-state index in [9.17, 15) is 0 Å². The fourth-order valence-corrected chi connectivity index (χ4v) is 5.87. The first-order valence-electron chi connectivity index (χ1n) is 13.1. The first-order valence-corrected chi connectivity index (χ1v) is 13.1. The maximum absolute atomic E-state index is 6.22. The van der Waals surface area contributed by atoms with Gasteiger partial charge in [-0.15, -0.1) is 4.59 Å². The van der Waals surface area contributed by atoms with Crippen LogP contribution in [0.2, 0.25) is 0 Å². The molecular formula is C30H34N5O+. The van der Waals surface area contributed by atoms with Crippen LogP contribution in [-0.2, 0) is 6.61 Å². The Morgan fingerprint density at radius 3 is 2.61 bits per heavy atom. The van der Waals surface area contributed by atoms with Crippen molar-refractivity contribution in [3.63, 3.8) is 0 Å². The van der Waals surface area contributed by atoms with E-state index >= 15 is 0 Å². The number of quaternary nitrogens is 1. The second-order valence-corrected chi connectivity index (χ2v) is 10.1. The smallest absolute Gasteiger partial charge is 0.225 e. The van der Waals surface area contributed by atoms with Gasteiger partial charge in [0.15, 0.2) is 6.20 Å². The van der Waals surface area contributed by atoms with E-state index in [0.29, 0.717) is 17.2 Å². The van der Waals surface area contributed by atoms with Crippen molar-refractivity contribution in [3.8, 4) is 5.75 Å². The van der Waals surface area contributed by atoms with Crippen molar-refractivity contribution in [3.05, 3.63) is 96.6 Å². The van der Waals surface area contributed by atoms with E-state index in [0.717, 1.165) is 49.0 Å². The molecule has 4 aliphatic rings. The van der Waals surface area contributed by atoms with Crippen LogP contribution in [0.1, 0.15) is 31.2 Å². The van der Waals surface area contributed by atoms with Gasteiger partial charge in [0.2, 0.25) is 12.0 Å². The molecule has 1 atom stereocenters. The number of nitrogens with zero attached hydrogens (tertiary/aromatic N) is 5. The zero-order valence-electron chi connectivity index (χ0n) is 20.7. The fraction of sp³-hybridized carbons (Fsp3) is 0.333. The standard InChI is InChI=1S/C30H34N5O/c1-2-7-26(8-3-1)23-36-30-10-6-9-28(19-30)34(35-18-15-31-20-29(35)21-32-24-35)27-13-11-25(12-14-27)22-33-16-4-5-17-33/h1-10,15,18-21,24-25,27H,11-14,16-17,22-23H2/q+1. The van der Waals surface area contributed by atoms with E-state index in [1.54, 1.807) is 0 Å². The van der Waals surface area contributed by atoms with E-state index in [2.05, 4.69) is 68.6 Å². The molecule has 0 bridgehead atoms. The molecule has 6 rings (SSSR count). The van der Waals surface area contributed by atoms with Crippen LogP contribution in [0.15, 0.2) is 101 Å². The Kier molecular flexibility index (Phi) is 6.53. The number of anilines is 1. The molecule has 0 N–H and O–H groups in total. The molecule has 0 aromatic heterocycles. The lowest BCUT2D eigenvalue weighted by atomic mass is 9.85. The Morgan fingerprint density at radius 1 is 0.944 bits per heavy atom. The van der Waals surface area contributed by atoms with Crippen LogP contribution in [-0.4, -0.2) is 47.7 Å². The van der Waals surface area contributed by atoms with Crippen molar-refractivity contribution in [1.82, 2.24) is 4.90 Å². The minimum absolute atomic E-state index is 0.395. The molecule has 3 aliphatic heterocycles. The topological polar surface area (TPSA) is 40.4 Å². The number of benzene rings is 2. The number of fused-ring (bicyclic) bond motifs is 1. The third kappa shape index (κ3) is 4.66. The molecule has 1 unspecified atom stereocenters. The van der Waals surface area contributed by atoms with Crippen LogP contribution in [0, 0.1) is 5.92 Å². The Balaban J connectivity index is 1.24. The summed E-state index contributed by atoms with van der Waals surface area (Å²) in [6, 6.07) is 19.3. The van der Waals surface area contributed by atoms with Crippen molar-refractivity contribution in [2.75, 3.05) is 24.6 Å². The summed E-state index contributed by atoms with van der Waals surface area (Å²) in [5.41, 5.74) is 3.38. The molecule has 1 aliphatic carbocycles. The number of allylic oxidation sites excluding steroid dienone is 1. The van der Waals surface area contributed by atoms with Gasteiger partial charge in [-0.3, -0.25) is 9.89 Å². The molecule has 184 valence electrons. The highest BCUT2D eigenvalue weighted by molar-refractivity contribution is 5.82. The molecule has 2 aromatic rings. The summed E-state index contributed by atoms with van der Waals surface area (Å²) < 4.78 is 6.68. The summed E-state index contributed by atoms with van der Waals surface area (Å²) in [5.74, 6) is 1.65. The van der Waals surface area contributed by atoms with Crippen molar-refractivity contribution < 1.29 is 9.33 Å².